The molecule has 0 amide bonds. The molecular weight excluding hydrogens is 198 g/mol. The molecule has 0 atom stereocenters. The fourth-order valence-electron chi connectivity index (χ4n) is 1.06. The second-order valence-electron chi connectivity index (χ2n) is 2.73. The van der Waals surface area contributed by atoms with Crippen LogP contribution in [0.2, 0.25) is 0 Å². The fourth-order valence-corrected chi connectivity index (χ4v) is 1.06. The molecule has 1 rings (SSSR count). The Labute approximate surface area is 101 Å². The van der Waals surface area contributed by atoms with Crippen molar-refractivity contribution in [3.8, 4) is 0 Å². The molecule has 16 heavy (non-hydrogen) atoms. The highest BCUT2D eigenvalue weighted by Crippen LogP contribution is 2.04. The third-order valence-electron chi connectivity index (χ3n) is 1.81. The molecule has 0 unspecified atom stereocenters. The van der Waals surface area contributed by atoms with E-state index in [9.17, 15) is 0 Å². The Kier molecular flexibility index (Phi) is 12.9. The molecule has 1 heterocycles. The third-order valence-corrected chi connectivity index (χ3v) is 1.81. The first kappa shape index (κ1) is 17.3. The lowest BCUT2D eigenvalue weighted by Crippen LogP contribution is -2.23. The molecule has 0 aromatic carbocycles. The highest BCUT2D eigenvalue weighted by Gasteiger charge is 2.02. The van der Waals surface area contributed by atoms with E-state index in [4.69, 9.17) is 0 Å². The second kappa shape index (κ2) is 12.0. The van der Waals surface area contributed by atoms with E-state index in [2.05, 4.69) is 28.7 Å². The van der Waals surface area contributed by atoms with Gasteiger partial charge in [0.2, 0.25) is 5.95 Å². The van der Waals surface area contributed by atoms with Crippen molar-refractivity contribution in [2.75, 3.05) is 18.0 Å². The van der Waals surface area contributed by atoms with Crippen molar-refractivity contribution in [3.63, 3.8) is 0 Å². The molecule has 3 heteroatoms. The first-order chi connectivity index (χ1) is 7.77. The number of nitrogens with zero attached hydrogens (tertiary/aromatic N) is 3. The zero-order valence-corrected chi connectivity index (χ0v) is 11.9. The van der Waals surface area contributed by atoms with Gasteiger partial charge in [0.1, 0.15) is 0 Å². The molecule has 0 aliphatic rings. The molecule has 0 spiro atoms. The van der Waals surface area contributed by atoms with Crippen LogP contribution in [0, 0.1) is 6.92 Å². The van der Waals surface area contributed by atoms with Gasteiger partial charge in [0.25, 0.3) is 0 Å². The molecule has 0 saturated carbocycles. The minimum absolute atomic E-state index is 0.825. The van der Waals surface area contributed by atoms with E-state index in [1.165, 1.54) is 0 Å². The molecule has 0 bridgehead atoms. The summed E-state index contributed by atoms with van der Waals surface area (Å²) >= 11 is 0. The molecule has 0 fully saturated rings. The van der Waals surface area contributed by atoms with Crippen molar-refractivity contribution < 1.29 is 0 Å². The Hall–Kier alpha value is -1.12. The van der Waals surface area contributed by atoms with Crippen LogP contribution < -0.4 is 4.90 Å². The van der Waals surface area contributed by atoms with Crippen LogP contribution in [0.3, 0.4) is 0 Å². The standard InChI is InChI=1S/C9H15N3.2C2H6/c1-4-12(5-2)9-10-6-8(3)7-11-9;2*1-2/h6-7H,4-5H2,1-3H3;2*1-2H3. The van der Waals surface area contributed by atoms with E-state index in [1.807, 2.05) is 47.0 Å². The van der Waals surface area contributed by atoms with E-state index < -0.39 is 0 Å². The summed E-state index contributed by atoms with van der Waals surface area (Å²) in [6.45, 7) is 16.1. The molecule has 94 valence electrons. The van der Waals surface area contributed by atoms with Gasteiger partial charge >= 0.3 is 0 Å². The third kappa shape index (κ3) is 6.38. The first-order valence-corrected chi connectivity index (χ1v) is 6.31. The molecule has 0 radical (unpaired) electrons. The number of anilines is 1. The van der Waals surface area contributed by atoms with Crippen LogP contribution in [-0.2, 0) is 0 Å². The highest BCUT2D eigenvalue weighted by molar-refractivity contribution is 5.28. The predicted molar refractivity (Wildman–Crippen MR) is 73.0 cm³/mol. The molecular formula is C13H27N3. The van der Waals surface area contributed by atoms with Crippen LogP contribution >= 0.6 is 0 Å². The van der Waals surface area contributed by atoms with Gasteiger partial charge in [0, 0.05) is 25.5 Å². The predicted octanol–water partition coefficient (Wildman–Crippen LogP) is 3.68. The van der Waals surface area contributed by atoms with E-state index >= 15 is 0 Å². The molecule has 1 aromatic heterocycles. The van der Waals surface area contributed by atoms with Gasteiger partial charge in [-0.05, 0) is 26.3 Å². The summed E-state index contributed by atoms with van der Waals surface area (Å²) < 4.78 is 0. The topological polar surface area (TPSA) is 29.0 Å². The van der Waals surface area contributed by atoms with Gasteiger partial charge in [-0.1, -0.05) is 27.7 Å². The van der Waals surface area contributed by atoms with Crippen molar-refractivity contribution in [2.45, 2.75) is 48.5 Å². The molecule has 0 aliphatic heterocycles. The average Bonchev–Trinajstić information content (AvgIpc) is 2.38. The number of aryl methyl sites for hydroxylation is 1. The van der Waals surface area contributed by atoms with Gasteiger partial charge in [0.05, 0.1) is 0 Å². The summed E-state index contributed by atoms with van der Waals surface area (Å²) in [5.74, 6) is 0.825. The van der Waals surface area contributed by atoms with Crippen LogP contribution in [0.4, 0.5) is 5.95 Å². The van der Waals surface area contributed by atoms with Gasteiger partial charge in [-0.3, -0.25) is 0 Å². The largest absolute Gasteiger partial charge is 0.341 e. The maximum absolute atomic E-state index is 4.24. The van der Waals surface area contributed by atoms with Crippen molar-refractivity contribution in [1.29, 1.82) is 0 Å². The Bertz CT molecular complexity index is 227. The monoisotopic (exact) mass is 225 g/mol. The average molecular weight is 225 g/mol. The van der Waals surface area contributed by atoms with Crippen molar-refractivity contribution in [2.24, 2.45) is 0 Å². The summed E-state index contributed by atoms with van der Waals surface area (Å²) in [6, 6.07) is 0. The van der Waals surface area contributed by atoms with Crippen LogP contribution in [-0.4, -0.2) is 23.1 Å². The summed E-state index contributed by atoms with van der Waals surface area (Å²) in [4.78, 5) is 10.6. The van der Waals surface area contributed by atoms with E-state index in [-0.39, 0.29) is 0 Å². The normalized spacial score (nSPS) is 8.19. The number of hydrogen-bond donors (Lipinski definition) is 0. The Balaban J connectivity index is 0. The van der Waals surface area contributed by atoms with Crippen LogP contribution in [0.5, 0.6) is 0 Å². The van der Waals surface area contributed by atoms with Crippen LogP contribution in [0.25, 0.3) is 0 Å². The van der Waals surface area contributed by atoms with Gasteiger partial charge in [-0.2, -0.15) is 0 Å². The molecule has 3 nitrogen and oxygen atoms in total. The quantitative estimate of drug-likeness (QED) is 0.785. The van der Waals surface area contributed by atoms with Gasteiger partial charge in [-0.15, -0.1) is 0 Å². The van der Waals surface area contributed by atoms with E-state index in [0.717, 1.165) is 24.6 Å². The van der Waals surface area contributed by atoms with Gasteiger partial charge in [0.15, 0.2) is 0 Å². The summed E-state index contributed by atoms with van der Waals surface area (Å²) in [6.07, 6.45) is 3.70. The maximum atomic E-state index is 4.24. The zero-order chi connectivity index (χ0) is 13.0. The first-order valence-electron chi connectivity index (χ1n) is 6.31. The zero-order valence-electron chi connectivity index (χ0n) is 11.9. The minimum atomic E-state index is 0.825. The fraction of sp³-hybridized carbons (Fsp3) is 0.692. The van der Waals surface area contributed by atoms with E-state index in [0.29, 0.717) is 0 Å². The lowest BCUT2D eigenvalue weighted by Gasteiger charge is -2.17. The van der Waals surface area contributed by atoms with Crippen LogP contribution in [0.15, 0.2) is 12.4 Å². The molecule has 0 saturated heterocycles. The Morgan fingerprint density at radius 1 is 0.938 bits per heavy atom. The second-order valence-corrected chi connectivity index (χ2v) is 2.73. The van der Waals surface area contributed by atoms with E-state index in [1.54, 1.807) is 0 Å². The summed E-state index contributed by atoms with van der Waals surface area (Å²) in [7, 11) is 0. The summed E-state index contributed by atoms with van der Waals surface area (Å²) in [5.41, 5.74) is 1.10. The van der Waals surface area contributed by atoms with Crippen molar-refractivity contribution in [1.82, 2.24) is 9.97 Å². The Morgan fingerprint density at radius 3 is 1.62 bits per heavy atom. The smallest absolute Gasteiger partial charge is 0.225 e. The van der Waals surface area contributed by atoms with Gasteiger partial charge < -0.3 is 4.90 Å². The summed E-state index contributed by atoms with van der Waals surface area (Å²) in [5, 5.41) is 0. The van der Waals surface area contributed by atoms with Gasteiger partial charge in [-0.25, -0.2) is 9.97 Å². The molecule has 0 N–H and O–H groups in total. The Morgan fingerprint density at radius 2 is 1.31 bits per heavy atom. The van der Waals surface area contributed by atoms with Crippen molar-refractivity contribution >= 4 is 5.95 Å². The number of rotatable bonds is 3. The highest BCUT2D eigenvalue weighted by atomic mass is 15.2. The number of aromatic nitrogens is 2. The number of hydrogen-bond acceptors (Lipinski definition) is 3. The molecule has 0 aliphatic carbocycles. The minimum Gasteiger partial charge on any atom is -0.341 e. The SMILES string of the molecule is CC.CC.CCN(CC)c1ncc(C)cn1. The van der Waals surface area contributed by atoms with Crippen molar-refractivity contribution in [3.05, 3.63) is 18.0 Å². The van der Waals surface area contributed by atoms with Crippen LogP contribution in [0.1, 0.15) is 47.1 Å². The lowest BCUT2D eigenvalue weighted by molar-refractivity contribution is 0.819. The lowest BCUT2D eigenvalue weighted by atomic mass is 10.4. The molecule has 1 aromatic rings. The maximum Gasteiger partial charge on any atom is 0.225 e.